The summed E-state index contributed by atoms with van der Waals surface area (Å²) < 4.78 is 16.3. The molecule has 0 amide bonds. The molecule has 0 bridgehead atoms. The number of para-hydroxylation sites is 3. The van der Waals surface area contributed by atoms with Crippen LogP contribution in [0.5, 0.6) is 0 Å². The van der Waals surface area contributed by atoms with E-state index in [1.807, 2.05) is 24.3 Å². The summed E-state index contributed by atoms with van der Waals surface area (Å²) in [5, 5.41) is 4.50. The molecule has 0 aliphatic carbocycles. The number of hydrogen-bond donors (Lipinski definition) is 0. The molecule has 0 fully saturated rings. The van der Waals surface area contributed by atoms with Crippen LogP contribution in [-0.4, -0.2) is 27.8 Å². The Bertz CT molecular complexity index is 3710. The molecule has 11 aromatic rings. The molecule has 361 valence electrons. The van der Waals surface area contributed by atoms with Gasteiger partial charge in [-0.25, -0.2) is 0 Å². The Morgan fingerprint density at radius 3 is 2.13 bits per heavy atom. The van der Waals surface area contributed by atoms with Gasteiger partial charge in [-0.15, -0.1) is 23.8 Å². The summed E-state index contributed by atoms with van der Waals surface area (Å²) in [4.78, 5) is 10.1. The van der Waals surface area contributed by atoms with Gasteiger partial charge in [-0.05, 0) is 75.9 Å². The Kier molecular flexibility index (Phi) is 13.7. The van der Waals surface area contributed by atoms with Gasteiger partial charge in [0.1, 0.15) is 5.58 Å². The first-order valence-electron chi connectivity index (χ1n) is 24.8. The van der Waals surface area contributed by atoms with Crippen molar-refractivity contribution in [1.82, 2.24) is 14.5 Å². The van der Waals surface area contributed by atoms with Crippen LogP contribution >= 0.6 is 0 Å². The molecule has 0 spiro atoms. The third-order valence-corrected chi connectivity index (χ3v) is 17.5. The van der Waals surface area contributed by atoms with Gasteiger partial charge in [0, 0.05) is 31.2 Å². The summed E-state index contributed by atoms with van der Waals surface area (Å²) >= 11 is -1.98. The number of furan rings is 2. The third-order valence-electron chi connectivity index (χ3n) is 13.2. The second kappa shape index (κ2) is 19.5. The Balaban J connectivity index is 0.000000192. The Hall–Kier alpha value is -6.05. The molecule has 1 radical (unpaired) electrons. The van der Waals surface area contributed by atoms with E-state index in [-0.39, 0.29) is 30.9 Å². The van der Waals surface area contributed by atoms with E-state index in [0.29, 0.717) is 5.92 Å². The molecular formula is C64H63GeIrN3O2-2. The van der Waals surface area contributed by atoms with Crippen molar-refractivity contribution in [2.24, 2.45) is 11.3 Å². The number of pyridine rings is 1. The zero-order valence-corrected chi connectivity index (χ0v) is 47.4. The zero-order valence-electron chi connectivity index (χ0n) is 42.9. The molecule has 0 unspecified atom stereocenters. The predicted octanol–water partition coefficient (Wildman–Crippen LogP) is 17.1. The fourth-order valence-corrected chi connectivity index (χ4v) is 13.3. The maximum Gasteiger partial charge on any atom is 0 e. The van der Waals surface area contributed by atoms with Gasteiger partial charge in [-0.3, -0.25) is 4.98 Å². The molecule has 0 atom stereocenters. The van der Waals surface area contributed by atoms with E-state index in [9.17, 15) is 0 Å². The van der Waals surface area contributed by atoms with Gasteiger partial charge in [-0.1, -0.05) is 102 Å². The molecule has 5 nitrogen and oxygen atoms in total. The van der Waals surface area contributed by atoms with Gasteiger partial charge in [0.05, 0.1) is 22.4 Å². The van der Waals surface area contributed by atoms with Crippen LogP contribution in [0.4, 0.5) is 0 Å². The first-order valence-corrected chi connectivity index (χ1v) is 32.1. The van der Waals surface area contributed by atoms with Crippen molar-refractivity contribution >= 4 is 72.6 Å². The van der Waals surface area contributed by atoms with Crippen molar-refractivity contribution in [2.75, 3.05) is 0 Å². The topological polar surface area (TPSA) is 57.0 Å². The monoisotopic (exact) mass is 1170 g/mol. The minimum absolute atomic E-state index is 0. The molecule has 11 rings (SSSR count). The predicted molar refractivity (Wildman–Crippen MR) is 297 cm³/mol. The number of nitrogens with zero attached hydrogens (tertiary/aromatic N) is 3. The van der Waals surface area contributed by atoms with Crippen LogP contribution in [0.1, 0.15) is 72.1 Å². The summed E-state index contributed by atoms with van der Waals surface area (Å²) in [5.74, 6) is 8.81. The zero-order chi connectivity index (χ0) is 49.1. The van der Waals surface area contributed by atoms with Gasteiger partial charge in [0.25, 0.3) is 0 Å². The minimum Gasteiger partial charge on any atom is 0 e. The number of fused-ring (bicyclic) bond motifs is 7. The number of imidazole rings is 1. The number of aromatic nitrogens is 3. The number of rotatable bonds is 8. The van der Waals surface area contributed by atoms with Gasteiger partial charge in [-0.2, -0.15) is 0 Å². The van der Waals surface area contributed by atoms with Crippen molar-refractivity contribution < 1.29 is 28.9 Å². The Morgan fingerprint density at radius 1 is 0.662 bits per heavy atom. The fraction of sp³-hybridized carbons (Fsp3) is 0.250. The van der Waals surface area contributed by atoms with Gasteiger partial charge in [0.2, 0.25) is 0 Å². The summed E-state index contributed by atoms with van der Waals surface area (Å²) in [6, 6.07) is 58.0. The van der Waals surface area contributed by atoms with E-state index in [0.717, 1.165) is 96.1 Å². The second-order valence-electron chi connectivity index (χ2n) is 22.7. The minimum atomic E-state index is -1.98. The van der Waals surface area contributed by atoms with Gasteiger partial charge < -0.3 is 8.98 Å². The Morgan fingerprint density at radius 2 is 1.38 bits per heavy atom. The van der Waals surface area contributed by atoms with Crippen molar-refractivity contribution in [2.45, 2.75) is 90.9 Å². The molecule has 4 heterocycles. The maximum absolute atomic E-state index is 6.26. The van der Waals surface area contributed by atoms with Crippen LogP contribution in [0.15, 0.2) is 161 Å². The van der Waals surface area contributed by atoms with E-state index in [4.69, 9.17) is 18.8 Å². The van der Waals surface area contributed by atoms with Crippen LogP contribution in [-0.2, 0) is 38.4 Å². The van der Waals surface area contributed by atoms with E-state index in [2.05, 4.69) is 217 Å². The van der Waals surface area contributed by atoms with E-state index in [1.165, 1.54) is 32.2 Å². The van der Waals surface area contributed by atoms with Gasteiger partial charge in [0.15, 0.2) is 0 Å². The van der Waals surface area contributed by atoms with Crippen molar-refractivity contribution in [3.63, 3.8) is 0 Å². The molecule has 7 aromatic carbocycles. The first kappa shape index (κ1) is 49.9. The molecule has 4 aromatic heterocycles. The first-order chi connectivity index (χ1) is 33.4. The van der Waals surface area contributed by atoms with E-state index < -0.39 is 13.3 Å². The van der Waals surface area contributed by atoms with Crippen LogP contribution < -0.4 is 4.40 Å². The number of hydrogen-bond acceptors (Lipinski definition) is 4. The molecule has 0 N–H and O–H groups in total. The normalized spacial score (nSPS) is 12.3. The largest absolute Gasteiger partial charge is 0 e. The van der Waals surface area contributed by atoms with E-state index in [1.54, 1.807) is 0 Å². The third kappa shape index (κ3) is 10.2. The SMILES string of the molecule is CC(C)(C)Cc1ccc2oc3c[c-]c(-c4nc5ccccc5n4-c4ccc(-c5ccccc5)cc4C(C)(C)C)cc3c2c1.CC(C)Cc1cc(-c2[c-]ccc3c2oc2ccccc23)nc[c]1[Ge]([CH3])([CH3])[CH3].[Ir]. The molecule has 0 aliphatic heterocycles. The quantitative estimate of drug-likeness (QED) is 0.112. The van der Waals surface area contributed by atoms with Crippen molar-refractivity contribution in [3.05, 3.63) is 181 Å². The average molecular weight is 1170 g/mol. The van der Waals surface area contributed by atoms with Crippen molar-refractivity contribution in [1.29, 1.82) is 0 Å². The summed E-state index contributed by atoms with van der Waals surface area (Å²) in [7, 11) is 0. The smallest absolute Gasteiger partial charge is 0 e. The Labute approximate surface area is 435 Å². The van der Waals surface area contributed by atoms with Crippen LogP contribution in [0.25, 0.3) is 94.4 Å². The fourth-order valence-electron chi connectivity index (χ4n) is 10.0. The summed E-state index contributed by atoms with van der Waals surface area (Å²) in [6.07, 6.45) is 4.22. The molecule has 0 saturated heterocycles. The summed E-state index contributed by atoms with van der Waals surface area (Å²) in [6.45, 7) is 18.2. The molecule has 7 heteroatoms. The van der Waals surface area contributed by atoms with Gasteiger partial charge >= 0.3 is 164 Å². The molecular weight excluding hydrogens is 1110 g/mol. The van der Waals surface area contributed by atoms with Crippen molar-refractivity contribution in [3.8, 4) is 39.5 Å². The van der Waals surface area contributed by atoms with Crippen LogP contribution in [0.3, 0.4) is 0 Å². The maximum atomic E-state index is 6.26. The molecule has 0 saturated carbocycles. The number of benzene rings is 7. The van der Waals surface area contributed by atoms with Crippen LogP contribution in [0.2, 0.25) is 17.3 Å². The van der Waals surface area contributed by atoms with E-state index >= 15 is 0 Å². The summed E-state index contributed by atoms with van der Waals surface area (Å²) in [5.41, 5.74) is 16.1. The molecule has 0 aliphatic rings. The van der Waals surface area contributed by atoms with Crippen LogP contribution in [0, 0.1) is 23.5 Å². The average Bonchev–Trinajstić information content (AvgIpc) is 4.02. The standard InChI is InChI=1S/C40H37N2O.C24H26GeNO.Ir/c1-39(2,3)25-26-16-20-36-30(22-26)31-23-29(18-21-37(31)43-36)38-41-33-14-10-11-15-35(33)42(38)34-19-17-28(24-32(34)40(4,5)6)27-12-8-7-9-13-27;1-16(2)13-17-14-22(26-15-21(17)25(3,4)5)20-11-8-10-19-18-9-6-7-12-23(18)27-24(19)20;/h7-17,19-24H,25H2,1-6H3;6-10,12,14-16H,13H2,1-5H3;/q2*-1;. The molecule has 71 heavy (non-hydrogen) atoms. The second-order valence-corrected chi connectivity index (χ2v) is 33.2.